The Hall–Kier alpha value is 0.260. The van der Waals surface area contributed by atoms with Crippen molar-refractivity contribution in [2.75, 3.05) is 0 Å². The molecular weight excluding hydrogens is 364 g/mol. The molecule has 13 heavy (non-hydrogen) atoms. The van der Waals surface area contributed by atoms with E-state index in [2.05, 4.69) is 54.1 Å². The molecule has 3 nitrogen and oxygen atoms in total. The van der Waals surface area contributed by atoms with Crippen molar-refractivity contribution in [1.29, 1.82) is 0 Å². The third-order valence-corrected chi connectivity index (χ3v) is 4.03. The second-order valence-corrected chi connectivity index (χ2v) is 5.56. The van der Waals surface area contributed by atoms with Gasteiger partial charge in [-0.3, -0.25) is 0 Å². The Bertz CT molecular complexity index is 456. The van der Waals surface area contributed by atoms with Crippen LogP contribution in [0.4, 0.5) is 0 Å². The average molecular weight is 370 g/mol. The van der Waals surface area contributed by atoms with Gasteiger partial charge in [0.15, 0.2) is 5.65 Å². The highest BCUT2D eigenvalue weighted by molar-refractivity contribution is 14.2. The van der Waals surface area contributed by atoms with Crippen LogP contribution in [0.2, 0.25) is 0 Å². The molecule has 0 amide bonds. The first-order valence-electron chi connectivity index (χ1n) is 3.60. The molecule has 2 aromatic rings. The summed E-state index contributed by atoms with van der Waals surface area (Å²) in [5.74, 6) is 0. The number of aromatic nitrogens is 3. The molecule has 2 heterocycles. The Morgan fingerprint density at radius 2 is 2.38 bits per heavy atom. The van der Waals surface area contributed by atoms with Crippen LogP contribution in [0.1, 0.15) is 5.69 Å². The number of halogens is 2. The summed E-state index contributed by atoms with van der Waals surface area (Å²) in [5.41, 5.74) is 2.00. The first-order valence-corrected chi connectivity index (χ1v) is 8.45. The molecule has 0 saturated heterocycles. The van der Waals surface area contributed by atoms with Gasteiger partial charge in [-0.15, -0.1) is 0 Å². The molecule has 2 aromatic heterocycles. The topological polar surface area (TPSA) is 30.7 Å². The summed E-state index contributed by atoms with van der Waals surface area (Å²) >= 11 is 5.70. The van der Waals surface area contributed by atoms with E-state index in [1.165, 1.54) is 0 Å². The molecule has 0 bridgehead atoms. The summed E-state index contributed by atoms with van der Waals surface area (Å²) in [6.07, 6.45) is 2.40. The highest BCUT2D eigenvalue weighted by atomic mass is 127. The molecule has 0 radical (unpaired) electrons. The van der Waals surface area contributed by atoms with Crippen LogP contribution >= 0.6 is 44.3 Å². The van der Waals surface area contributed by atoms with Crippen LogP contribution in [-0.4, -0.2) is 14.5 Å². The number of pyridine rings is 1. The lowest BCUT2D eigenvalue weighted by Crippen LogP contribution is -1.85. The van der Waals surface area contributed by atoms with Crippen molar-refractivity contribution in [3.05, 3.63) is 22.4 Å². The van der Waals surface area contributed by atoms with Gasteiger partial charge in [0, 0.05) is 16.1 Å². The summed E-state index contributed by atoms with van der Waals surface area (Å²) < 4.78 is 2.93. The summed E-state index contributed by atoms with van der Waals surface area (Å²) in [6, 6.07) is 2.05. The highest BCUT2D eigenvalue weighted by Crippen LogP contribution is 2.29. The number of fused-ring (bicyclic) bond motifs is 1. The van der Waals surface area contributed by atoms with Gasteiger partial charge in [-0.1, -0.05) is 0 Å². The molecule has 0 aliphatic heterocycles. The standard InChI is InChI=1S/C7H6BrIN3P/c1-4-6-2-5(8)3-10-7(6)12(11-4)13-9/h2-3,13H,1H3. The van der Waals surface area contributed by atoms with Crippen LogP contribution in [0.15, 0.2) is 16.7 Å². The minimum Gasteiger partial charge on any atom is -0.235 e. The molecule has 0 aliphatic carbocycles. The number of aryl methyl sites for hydroxylation is 1. The van der Waals surface area contributed by atoms with Crippen molar-refractivity contribution >= 4 is 55.4 Å². The van der Waals surface area contributed by atoms with E-state index < -0.39 is 0 Å². The summed E-state index contributed by atoms with van der Waals surface area (Å²) in [7, 11) is 0. The van der Waals surface area contributed by atoms with Crippen LogP contribution in [0.25, 0.3) is 11.0 Å². The largest absolute Gasteiger partial charge is 0.235 e. The average Bonchev–Trinajstić information content (AvgIpc) is 2.43. The first kappa shape index (κ1) is 9.80. The zero-order chi connectivity index (χ0) is 9.42. The summed E-state index contributed by atoms with van der Waals surface area (Å²) in [4.78, 5) is 4.33. The van der Waals surface area contributed by atoms with Crippen LogP contribution in [0.3, 0.4) is 0 Å². The lowest BCUT2D eigenvalue weighted by Gasteiger charge is -1.94. The van der Waals surface area contributed by atoms with Gasteiger partial charge < -0.3 is 0 Å². The van der Waals surface area contributed by atoms with E-state index >= 15 is 0 Å². The minimum absolute atomic E-state index is 0.599. The molecule has 68 valence electrons. The van der Waals surface area contributed by atoms with Gasteiger partial charge in [-0.2, -0.15) is 5.10 Å². The zero-order valence-electron chi connectivity index (χ0n) is 6.75. The van der Waals surface area contributed by atoms with E-state index in [1.807, 2.05) is 11.4 Å². The maximum atomic E-state index is 4.39. The number of hydrogen-bond acceptors (Lipinski definition) is 2. The predicted octanol–water partition coefficient (Wildman–Crippen LogP) is 3.29. The zero-order valence-corrected chi connectivity index (χ0v) is 11.5. The van der Waals surface area contributed by atoms with Gasteiger partial charge in [0.05, 0.1) is 12.1 Å². The molecule has 0 spiro atoms. The second kappa shape index (κ2) is 3.79. The lowest BCUT2D eigenvalue weighted by molar-refractivity contribution is 0.990. The molecule has 1 unspecified atom stereocenters. The molecule has 1 atom stereocenters. The Labute approximate surface area is 98.8 Å². The van der Waals surface area contributed by atoms with Crippen molar-refractivity contribution in [3.8, 4) is 0 Å². The first-order chi connectivity index (χ1) is 6.22. The van der Waals surface area contributed by atoms with E-state index in [0.29, 0.717) is 6.37 Å². The molecule has 2 rings (SSSR count). The maximum absolute atomic E-state index is 4.39. The fraction of sp³-hybridized carbons (Fsp3) is 0.143. The van der Waals surface area contributed by atoms with Crippen LogP contribution < -0.4 is 0 Å². The van der Waals surface area contributed by atoms with Gasteiger partial charge >= 0.3 is 0 Å². The van der Waals surface area contributed by atoms with E-state index in [1.54, 1.807) is 6.20 Å². The lowest BCUT2D eigenvalue weighted by atomic mass is 10.3. The predicted molar refractivity (Wildman–Crippen MR) is 67.7 cm³/mol. The molecule has 0 fully saturated rings. The fourth-order valence-corrected chi connectivity index (χ4v) is 2.96. The van der Waals surface area contributed by atoms with Gasteiger partial charge in [0.1, 0.15) is 0 Å². The van der Waals surface area contributed by atoms with Crippen LogP contribution in [0, 0.1) is 6.92 Å². The van der Waals surface area contributed by atoms with Crippen molar-refractivity contribution in [2.45, 2.75) is 6.92 Å². The normalized spacial score (nSPS) is 11.9. The quantitative estimate of drug-likeness (QED) is 0.570. The van der Waals surface area contributed by atoms with Gasteiger partial charge in [-0.05, 0) is 51.0 Å². The Morgan fingerprint density at radius 1 is 1.62 bits per heavy atom. The van der Waals surface area contributed by atoms with Crippen molar-refractivity contribution in [3.63, 3.8) is 0 Å². The number of nitrogens with zero attached hydrogens (tertiary/aromatic N) is 3. The summed E-state index contributed by atoms with van der Waals surface area (Å²) in [6.45, 7) is 2.00. The van der Waals surface area contributed by atoms with Crippen molar-refractivity contribution in [2.24, 2.45) is 0 Å². The van der Waals surface area contributed by atoms with Crippen LogP contribution in [-0.2, 0) is 0 Å². The van der Waals surface area contributed by atoms with E-state index in [4.69, 9.17) is 0 Å². The van der Waals surface area contributed by atoms with Crippen LogP contribution in [0.5, 0.6) is 0 Å². The Balaban J connectivity index is 2.80. The number of hydrogen-bond donors (Lipinski definition) is 0. The van der Waals surface area contributed by atoms with Crippen molar-refractivity contribution < 1.29 is 0 Å². The van der Waals surface area contributed by atoms with E-state index in [-0.39, 0.29) is 0 Å². The Morgan fingerprint density at radius 3 is 3.08 bits per heavy atom. The van der Waals surface area contributed by atoms with Gasteiger partial charge in [0.25, 0.3) is 0 Å². The second-order valence-electron chi connectivity index (χ2n) is 2.61. The molecule has 6 heteroatoms. The molecule has 0 N–H and O–H groups in total. The van der Waals surface area contributed by atoms with E-state index in [9.17, 15) is 0 Å². The van der Waals surface area contributed by atoms with E-state index in [0.717, 1.165) is 21.2 Å². The SMILES string of the molecule is Cc1nn(PI)c2ncc(Br)cc12. The molecular formula is C7H6BrIN3P. The van der Waals surface area contributed by atoms with Crippen molar-refractivity contribution in [1.82, 2.24) is 14.5 Å². The third kappa shape index (κ3) is 1.74. The van der Waals surface area contributed by atoms with Gasteiger partial charge in [-0.25, -0.2) is 9.44 Å². The highest BCUT2D eigenvalue weighted by Gasteiger charge is 2.07. The molecule has 0 aromatic carbocycles. The van der Waals surface area contributed by atoms with Gasteiger partial charge in [0.2, 0.25) is 0 Å². The smallest absolute Gasteiger partial charge is 0.162 e. The Kier molecular flexibility index (Phi) is 2.86. The monoisotopic (exact) mass is 369 g/mol. The third-order valence-electron chi connectivity index (χ3n) is 1.75. The number of rotatable bonds is 1. The minimum atomic E-state index is 0.599. The molecule has 0 saturated carbocycles. The molecule has 0 aliphatic rings. The maximum Gasteiger partial charge on any atom is 0.162 e. The fourth-order valence-electron chi connectivity index (χ4n) is 1.18. The summed E-state index contributed by atoms with van der Waals surface area (Å²) in [5, 5.41) is 5.51.